The van der Waals surface area contributed by atoms with Gasteiger partial charge in [-0.25, -0.2) is 0 Å². The molecule has 58 valence electrons. The maximum atomic E-state index is 10.5. The molecule has 0 aliphatic carbocycles. The van der Waals surface area contributed by atoms with E-state index in [-0.39, 0.29) is 0 Å². The Morgan fingerprint density at radius 3 is 2.36 bits per heavy atom. The van der Waals surface area contributed by atoms with Crippen LogP contribution in [0.25, 0.3) is 0 Å². The Balaban J connectivity index is 2.85. The number of carboxylic acids is 1. The first-order valence-electron chi connectivity index (χ1n) is 3.17. The molecule has 0 spiro atoms. The summed E-state index contributed by atoms with van der Waals surface area (Å²) < 4.78 is 0. The van der Waals surface area contributed by atoms with Gasteiger partial charge in [0, 0.05) is 0 Å². The molecular weight excluding hydrogens is 207 g/mol. The van der Waals surface area contributed by atoms with Crippen molar-refractivity contribution in [3.8, 4) is 0 Å². The summed E-state index contributed by atoms with van der Waals surface area (Å²) in [7, 11) is 0. The van der Waals surface area contributed by atoms with Crippen molar-refractivity contribution in [2.75, 3.05) is 0 Å². The first-order valence-corrected chi connectivity index (χ1v) is 4.26. The molecule has 0 amide bonds. The summed E-state index contributed by atoms with van der Waals surface area (Å²) in [5, 5.41) is 8.62. The zero-order chi connectivity index (χ0) is 8.27. The normalized spacial score (nSPS) is 12.5. The molecule has 0 heterocycles. The summed E-state index contributed by atoms with van der Waals surface area (Å²) in [6.45, 7) is 0. The zero-order valence-corrected chi connectivity index (χ0v) is 7.64. The van der Waals surface area contributed by atoms with E-state index in [0.29, 0.717) is 0 Å². The van der Waals surface area contributed by atoms with Gasteiger partial charge in [-0.05, 0) is 0 Å². The fourth-order valence-corrected chi connectivity index (χ4v) is 1.14. The summed E-state index contributed by atoms with van der Waals surface area (Å²) in [6, 6.07) is 9.14. The Morgan fingerprint density at radius 1 is 1.36 bits per heavy atom. The monoisotopic (exact) mass is 216 g/mol. The van der Waals surface area contributed by atoms with E-state index in [1.165, 1.54) is 0 Å². The second-order valence-corrected chi connectivity index (χ2v) is 3.23. The molecular formula is C8H8O2Se. The zero-order valence-electron chi connectivity index (χ0n) is 5.77. The molecule has 1 N–H and O–H groups in total. The van der Waals surface area contributed by atoms with Crippen molar-refractivity contribution in [1.29, 1.82) is 0 Å². The van der Waals surface area contributed by atoms with Gasteiger partial charge in [0.2, 0.25) is 0 Å². The van der Waals surface area contributed by atoms with Gasteiger partial charge in [-0.2, -0.15) is 0 Å². The summed E-state index contributed by atoms with van der Waals surface area (Å²) in [5.74, 6) is -0.809. The molecule has 3 heteroatoms. The number of aliphatic carboxylic acids is 1. The van der Waals surface area contributed by atoms with Gasteiger partial charge < -0.3 is 0 Å². The molecule has 0 bridgehead atoms. The van der Waals surface area contributed by atoms with Crippen molar-refractivity contribution in [3.63, 3.8) is 0 Å². The average Bonchev–Trinajstić information content (AvgIpc) is 2.05. The van der Waals surface area contributed by atoms with Crippen LogP contribution >= 0.6 is 0 Å². The van der Waals surface area contributed by atoms with Gasteiger partial charge in [0.05, 0.1) is 0 Å². The molecule has 0 aromatic heterocycles. The van der Waals surface area contributed by atoms with Crippen molar-refractivity contribution in [3.05, 3.63) is 35.9 Å². The quantitative estimate of drug-likeness (QED) is 0.738. The molecule has 1 unspecified atom stereocenters. The van der Waals surface area contributed by atoms with Gasteiger partial charge in [0.25, 0.3) is 0 Å². The van der Waals surface area contributed by atoms with E-state index in [4.69, 9.17) is 5.11 Å². The Hall–Kier alpha value is -0.791. The first-order chi connectivity index (χ1) is 5.22. The second kappa shape index (κ2) is 3.56. The van der Waals surface area contributed by atoms with Gasteiger partial charge >= 0.3 is 72.6 Å². The van der Waals surface area contributed by atoms with Gasteiger partial charge in [-0.15, -0.1) is 0 Å². The third-order valence-corrected chi connectivity index (χ3v) is 2.44. The van der Waals surface area contributed by atoms with Gasteiger partial charge in [0.1, 0.15) is 0 Å². The molecule has 0 saturated heterocycles. The topological polar surface area (TPSA) is 37.3 Å². The van der Waals surface area contributed by atoms with Gasteiger partial charge in [-0.1, -0.05) is 0 Å². The Labute approximate surface area is 73.1 Å². The van der Waals surface area contributed by atoms with Crippen LogP contribution in [-0.4, -0.2) is 27.1 Å². The number of benzene rings is 1. The van der Waals surface area contributed by atoms with E-state index in [1.807, 2.05) is 18.2 Å². The predicted octanol–water partition coefficient (Wildman–Crippen LogP) is 0.713. The summed E-state index contributed by atoms with van der Waals surface area (Å²) in [5.41, 5.74) is 0.819. The van der Waals surface area contributed by atoms with Crippen molar-refractivity contribution in [1.82, 2.24) is 0 Å². The Morgan fingerprint density at radius 2 is 1.91 bits per heavy atom. The number of carboxylic acid groups (broad SMARTS) is 1. The van der Waals surface area contributed by atoms with Crippen molar-refractivity contribution in [2.45, 2.75) is 4.82 Å². The van der Waals surface area contributed by atoms with E-state index in [2.05, 4.69) is 16.0 Å². The van der Waals surface area contributed by atoms with Crippen molar-refractivity contribution >= 4 is 22.0 Å². The van der Waals surface area contributed by atoms with Crippen LogP contribution in [0.4, 0.5) is 0 Å². The second-order valence-electron chi connectivity index (χ2n) is 2.15. The van der Waals surface area contributed by atoms with E-state index in [1.54, 1.807) is 12.1 Å². The van der Waals surface area contributed by atoms with Crippen LogP contribution in [-0.2, 0) is 4.79 Å². The predicted molar refractivity (Wildman–Crippen MR) is 44.0 cm³/mol. The fraction of sp³-hybridized carbons (Fsp3) is 0.125. The average molecular weight is 215 g/mol. The molecule has 1 aromatic carbocycles. The number of hydrogen-bond donors (Lipinski definition) is 1. The SMILES string of the molecule is O=C(O)C([SeH])c1ccccc1. The van der Waals surface area contributed by atoms with Crippen LogP contribution in [0.5, 0.6) is 0 Å². The maximum absolute atomic E-state index is 10.5. The van der Waals surface area contributed by atoms with Gasteiger partial charge in [-0.3, -0.25) is 0 Å². The number of rotatable bonds is 2. The summed E-state index contributed by atoms with van der Waals surface area (Å²) in [6.07, 6.45) is 0. The fourth-order valence-electron chi connectivity index (χ4n) is 0.778. The number of carbonyl (C=O) groups is 1. The molecule has 0 aliphatic rings. The summed E-state index contributed by atoms with van der Waals surface area (Å²) >= 11 is 2.14. The van der Waals surface area contributed by atoms with Gasteiger partial charge in [0.15, 0.2) is 0 Å². The molecule has 0 radical (unpaired) electrons. The number of hydrogen-bond acceptors (Lipinski definition) is 1. The third-order valence-electron chi connectivity index (χ3n) is 1.35. The van der Waals surface area contributed by atoms with E-state index in [9.17, 15) is 4.79 Å². The van der Waals surface area contributed by atoms with Crippen molar-refractivity contribution < 1.29 is 9.90 Å². The Bertz CT molecular complexity index is 246. The third kappa shape index (κ3) is 2.07. The van der Waals surface area contributed by atoms with E-state index >= 15 is 0 Å². The minimum absolute atomic E-state index is 0.469. The summed E-state index contributed by atoms with van der Waals surface area (Å²) in [4.78, 5) is 10.0. The van der Waals surface area contributed by atoms with Crippen LogP contribution in [0, 0.1) is 0 Å². The van der Waals surface area contributed by atoms with Crippen LogP contribution in [0.15, 0.2) is 30.3 Å². The molecule has 0 saturated carbocycles. The molecule has 1 atom stereocenters. The first kappa shape index (κ1) is 8.31. The van der Waals surface area contributed by atoms with Crippen LogP contribution < -0.4 is 0 Å². The molecule has 11 heavy (non-hydrogen) atoms. The van der Waals surface area contributed by atoms with E-state index in [0.717, 1.165) is 5.56 Å². The molecule has 2 nitrogen and oxygen atoms in total. The molecule has 1 aromatic rings. The van der Waals surface area contributed by atoms with E-state index < -0.39 is 10.8 Å². The van der Waals surface area contributed by atoms with Crippen LogP contribution in [0.3, 0.4) is 0 Å². The van der Waals surface area contributed by atoms with Crippen LogP contribution in [0.2, 0.25) is 0 Å². The molecule has 0 fully saturated rings. The standard InChI is InChI=1S/C8H8O2Se/c9-8(10)7(11)6-4-2-1-3-5-6/h1-5,7,11H,(H,9,10). The Kier molecular flexibility index (Phi) is 2.69. The van der Waals surface area contributed by atoms with Crippen LogP contribution in [0.1, 0.15) is 10.4 Å². The van der Waals surface area contributed by atoms with Crippen molar-refractivity contribution in [2.24, 2.45) is 0 Å². The molecule has 1 rings (SSSR count). The molecule has 0 aliphatic heterocycles. The minimum atomic E-state index is -0.809.